The Hall–Kier alpha value is -3.81. The van der Waals surface area contributed by atoms with Crippen molar-refractivity contribution in [2.24, 2.45) is 0 Å². The van der Waals surface area contributed by atoms with Crippen molar-refractivity contribution < 1.29 is 14.3 Å². The lowest BCUT2D eigenvalue weighted by atomic mass is 10.1. The van der Waals surface area contributed by atoms with Crippen LogP contribution < -0.4 is 20.3 Å². The Morgan fingerprint density at radius 3 is 2.21 bits per heavy atom. The minimum absolute atomic E-state index is 0.0564. The third kappa shape index (κ3) is 4.62. The number of anilines is 1. The lowest BCUT2D eigenvalue weighted by Crippen LogP contribution is -2.22. The molecule has 0 saturated heterocycles. The van der Waals surface area contributed by atoms with Gasteiger partial charge in [-0.25, -0.2) is 0 Å². The summed E-state index contributed by atoms with van der Waals surface area (Å²) in [4.78, 5) is 25.3. The van der Waals surface area contributed by atoms with E-state index in [0.717, 1.165) is 0 Å². The highest BCUT2D eigenvalue weighted by Gasteiger charge is 2.17. The normalized spacial score (nSPS) is 10.6. The van der Waals surface area contributed by atoms with Crippen LogP contribution in [0.2, 0.25) is 10.0 Å². The first-order chi connectivity index (χ1) is 16.4. The lowest BCUT2D eigenvalue weighted by Gasteiger charge is -2.12. The molecule has 0 atom stereocenters. The van der Waals surface area contributed by atoms with Crippen molar-refractivity contribution in [3.63, 3.8) is 0 Å². The third-order valence-corrected chi connectivity index (χ3v) is 5.86. The molecule has 172 valence electrons. The molecular formula is C25H19Cl2N3O4. The molecule has 7 nitrogen and oxygen atoms in total. The van der Waals surface area contributed by atoms with Gasteiger partial charge in [0.1, 0.15) is 10.7 Å². The Bertz CT molecular complexity index is 1400. The van der Waals surface area contributed by atoms with Gasteiger partial charge in [-0.1, -0.05) is 53.5 Å². The second-order valence-corrected chi connectivity index (χ2v) is 7.89. The number of halogens is 2. The predicted octanol–water partition coefficient (Wildman–Crippen LogP) is 5.48. The maximum Gasteiger partial charge on any atom is 0.291 e. The van der Waals surface area contributed by atoms with E-state index in [0.29, 0.717) is 39.7 Å². The number of nitrogens with one attached hydrogen (secondary N) is 1. The number of ether oxygens (including phenoxy) is 2. The smallest absolute Gasteiger partial charge is 0.291 e. The predicted molar refractivity (Wildman–Crippen MR) is 133 cm³/mol. The van der Waals surface area contributed by atoms with Gasteiger partial charge < -0.3 is 14.8 Å². The number of carbonyl (C=O) groups excluding carboxylic acids is 1. The zero-order chi connectivity index (χ0) is 24.2. The zero-order valence-electron chi connectivity index (χ0n) is 18.2. The average molecular weight is 496 g/mol. The Morgan fingerprint density at radius 2 is 1.56 bits per heavy atom. The van der Waals surface area contributed by atoms with Gasteiger partial charge in [0, 0.05) is 16.8 Å². The number of methoxy groups -OCH3 is 2. The molecule has 1 aromatic heterocycles. The molecule has 0 saturated carbocycles. The van der Waals surface area contributed by atoms with Crippen LogP contribution >= 0.6 is 23.2 Å². The first-order valence-electron chi connectivity index (χ1n) is 10.1. The summed E-state index contributed by atoms with van der Waals surface area (Å²) in [6.07, 6.45) is 0. The minimum atomic E-state index is -0.514. The number of benzene rings is 3. The van der Waals surface area contributed by atoms with E-state index in [1.54, 1.807) is 66.7 Å². The van der Waals surface area contributed by atoms with E-state index in [1.165, 1.54) is 18.9 Å². The van der Waals surface area contributed by atoms with Gasteiger partial charge in [0.25, 0.3) is 11.5 Å². The van der Waals surface area contributed by atoms with Crippen molar-refractivity contribution in [2.75, 3.05) is 19.5 Å². The molecule has 1 heterocycles. The van der Waals surface area contributed by atoms with Crippen LogP contribution in [0.15, 0.2) is 77.6 Å². The molecule has 0 aliphatic carbocycles. The van der Waals surface area contributed by atoms with Gasteiger partial charge >= 0.3 is 0 Å². The van der Waals surface area contributed by atoms with E-state index in [4.69, 9.17) is 32.7 Å². The molecule has 4 aromatic rings. The number of para-hydroxylation sites is 1. The number of rotatable bonds is 6. The number of aromatic nitrogens is 2. The quantitative estimate of drug-likeness (QED) is 0.383. The molecule has 1 amide bonds. The van der Waals surface area contributed by atoms with Crippen LogP contribution in [-0.2, 0) is 0 Å². The monoisotopic (exact) mass is 495 g/mol. The number of hydrogen-bond acceptors (Lipinski definition) is 5. The topological polar surface area (TPSA) is 82.5 Å². The Labute approximate surface area is 205 Å². The maximum atomic E-state index is 12.7. The molecule has 0 unspecified atom stereocenters. The van der Waals surface area contributed by atoms with Crippen LogP contribution in [0.3, 0.4) is 0 Å². The molecule has 9 heteroatoms. The summed E-state index contributed by atoms with van der Waals surface area (Å²) < 4.78 is 11.7. The van der Waals surface area contributed by atoms with Crippen molar-refractivity contribution in [1.29, 1.82) is 0 Å². The van der Waals surface area contributed by atoms with Crippen LogP contribution in [0.25, 0.3) is 16.9 Å². The molecule has 0 aliphatic rings. The second-order valence-electron chi connectivity index (χ2n) is 7.13. The molecule has 4 rings (SSSR count). The number of amides is 1. The molecule has 1 N–H and O–H groups in total. The zero-order valence-corrected chi connectivity index (χ0v) is 19.7. The highest BCUT2D eigenvalue weighted by atomic mass is 35.5. The summed E-state index contributed by atoms with van der Waals surface area (Å²) in [5, 5.41) is 7.18. The van der Waals surface area contributed by atoms with Gasteiger partial charge in [0.05, 0.1) is 24.9 Å². The van der Waals surface area contributed by atoms with Crippen LogP contribution in [0, 0.1) is 0 Å². The highest BCUT2D eigenvalue weighted by molar-refractivity contribution is 6.43. The largest absolute Gasteiger partial charge is 0.493 e. The van der Waals surface area contributed by atoms with Crippen molar-refractivity contribution in [2.45, 2.75) is 0 Å². The Morgan fingerprint density at radius 1 is 0.882 bits per heavy atom. The summed E-state index contributed by atoms with van der Waals surface area (Å²) in [6, 6.07) is 20.7. The van der Waals surface area contributed by atoms with Gasteiger partial charge in [-0.2, -0.15) is 9.78 Å². The molecule has 0 bridgehead atoms. The fourth-order valence-electron chi connectivity index (χ4n) is 3.30. The van der Waals surface area contributed by atoms with Gasteiger partial charge in [-0.3, -0.25) is 9.59 Å². The van der Waals surface area contributed by atoms with Gasteiger partial charge in [0.2, 0.25) is 0 Å². The summed E-state index contributed by atoms with van der Waals surface area (Å²) in [5.41, 5.74) is 1.98. The average Bonchev–Trinajstić information content (AvgIpc) is 2.88. The van der Waals surface area contributed by atoms with Crippen molar-refractivity contribution in [1.82, 2.24) is 9.78 Å². The maximum absolute atomic E-state index is 12.7. The van der Waals surface area contributed by atoms with E-state index in [9.17, 15) is 9.59 Å². The molecule has 34 heavy (non-hydrogen) atoms. The highest BCUT2D eigenvalue weighted by Crippen LogP contribution is 2.31. The van der Waals surface area contributed by atoms with Crippen molar-refractivity contribution >= 4 is 34.8 Å². The van der Waals surface area contributed by atoms with Crippen molar-refractivity contribution in [3.8, 4) is 28.4 Å². The number of nitrogens with zero attached hydrogens (tertiary/aromatic N) is 2. The molecule has 0 aliphatic heterocycles. The van der Waals surface area contributed by atoms with Gasteiger partial charge in [-0.15, -0.1) is 0 Å². The minimum Gasteiger partial charge on any atom is -0.493 e. The van der Waals surface area contributed by atoms with Crippen LogP contribution in [0.5, 0.6) is 11.5 Å². The molecule has 0 radical (unpaired) electrons. The van der Waals surface area contributed by atoms with E-state index < -0.39 is 5.56 Å². The van der Waals surface area contributed by atoms with Crippen LogP contribution in [0.4, 0.5) is 5.69 Å². The fourth-order valence-corrected chi connectivity index (χ4v) is 3.70. The van der Waals surface area contributed by atoms with E-state index in [1.807, 2.05) is 6.07 Å². The molecule has 0 spiro atoms. The summed E-state index contributed by atoms with van der Waals surface area (Å²) >= 11 is 12.6. The van der Waals surface area contributed by atoms with Gasteiger partial charge in [-0.05, 0) is 42.5 Å². The van der Waals surface area contributed by atoms with E-state index >= 15 is 0 Å². The van der Waals surface area contributed by atoms with E-state index in [2.05, 4.69) is 10.4 Å². The lowest BCUT2D eigenvalue weighted by molar-refractivity contribution is 0.102. The molecule has 3 aromatic carbocycles. The first kappa shape index (κ1) is 23.4. The summed E-state index contributed by atoms with van der Waals surface area (Å²) in [6.45, 7) is 0. The summed E-state index contributed by atoms with van der Waals surface area (Å²) in [7, 11) is 3.03. The number of carbonyl (C=O) groups is 1. The number of hydrogen-bond donors (Lipinski definition) is 1. The van der Waals surface area contributed by atoms with Crippen LogP contribution in [-0.4, -0.2) is 29.9 Å². The van der Waals surface area contributed by atoms with Gasteiger partial charge in [0.15, 0.2) is 11.5 Å². The Kier molecular flexibility index (Phi) is 6.86. The first-order valence-corrected chi connectivity index (χ1v) is 10.9. The standard InChI is InChI=1S/C25H19Cl2N3O4/c1-33-19-13-10-16(14-20(19)34-2)24(31)28-17-11-8-15(9-12-17)23-21(26)22(27)25(32)30(29-23)18-6-4-3-5-7-18/h3-14H,1-2H3,(H,28,31). The third-order valence-electron chi connectivity index (χ3n) is 5.04. The van der Waals surface area contributed by atoms with Crippen molar-refractivity contribution in [3.05, 3.63) is 98.8 Å². The molecular weight excluding hydrogens is 477 g/mol. The fraction of sp³-hybridized carbons (Fsp3) is 0.0800. The SMILES string of the molecule is COc1ccc(C(=O)Nc2ccc(-c3nn(-c4ccccc4)c(=O)c(Cl)c3Cl)cc2)cc1OC. The Balaban J connectivity index is 1.62. The summed E-state index contributed by atoms with van der Waals surface area (Å²) in [5.74, 6) is 0.672. The molecule has 0 fully saturated rings. The second kappa shape index (κ2) is 9.99. The van der Waals surface area contributed by atoms with Crippen LogP contribution in [0.1, 0.15) is 10.4 Å². The van der Waals surface area contributed by atoms with E-state index in [-0.39, 0.29) is 16.0 Å².